The lowest BCUT2D eigenvalue weighted by atomic mass is 10.1. The molecule has 1 saturated heterocycles. The Kier molecular flexibility index (Phi) is 4.41. The van der Waals surface area contributed by atoms with Crippen molar-refractivity contribution in [3.8, 4) is 0 Å². The minimum absolute atomic E-state index is 0.0253. The average molecular weight is 303 g/mol. The summed E-state index contributed by atoms with van der Waals surface area (Å²) in [7, 11) is -3.85. The molecule has 2 rings (SSSR count). The Bertz CT molecular complexity index is 583. The molecule has 0 bridgehead atoms. The Morgan fingerprint density at radius 1 is 1.60 bits per heavy atom. The van der Waals surface area contributed by atoms with Crippen LogP contribution in [-0.4, -0.2) is 41.5 Å². The van der Waals surface area contributed by atoms with E-state index in [-0.39, 0.29) is 13.1 Å². The van der Waals surface area contributed by atoms with E-state index in [1.807, 2.05) is 0 Å². The van der Waals surface area contributed by atoms with Crippen molar-refractivity contribution >= 4 is 16.2 Å². The number of nitrogens with zero attached hydrogens (tertiary/aromatic N) is 2. The SMILES string of the molecule is Cc1cc(CNS(=O)(=O)N2CCCCC2C(=O)O)no1. The van der Waals surface area contributed by atoms with E-state index in [1.165, 1.54) is 0 Å². The quantitative estimate of drug-likeness (QED) is 0.806. The third-order valence-electron chi connectivity index (χ3n) is 3.16. The van der Waals surface area contributed by atoms with Crippen LogP contribution in [0.5, 0.6) is 0 Å². The van der Waals surface area contributed by atoms with Crippen LogP contribution in [0.2, 0.25) is 0 Å². The number of carboxylic acids is 1. The minimum Gasteiger partial charge on any atom is -0.480 e. The number of carbonyl (C=O) groups is 1. The smallest absolute Gasteiger partial charge is 0.322 e. The number of nitrogens with one attached hydrogen (secondary N) is 1. The Morgan fingerprint density at radius 2 is 2.35 bits per heavy atom. The third kappa shape index (κ3) is 3.35. The Morgan fingerprint density at radius 3 is 2.95 bits per heavy atom. The summed E-state index contributed by atoms with van der Waals surface area (Å²) in [6.45, 7) is 1.89. The zero-order chi connectivity index (χ0) is 14.8. The molecule has 1 aromatic heterocycles. The van der Waals surface area contributed by atoms with E-state index >= 15 is 0 Å². The van der Waals surface area contributed by atoms with Crippen LogP contribution in [0.25, 0.3) is 0 Å². The van der Waals surface area contributed by atoms with Gasteiger partial charge in [0.25, 0.3) is 10.2 Å². The van der Waals surface area contributed by atoms with Crippen molar-refractivity contribution in [2.75, 3.05) is 6.54 Å². The largest absolute Gasteiger partial charge is 0.480 e. The summed E-state index contributed by atoms with van der Waals surface area (Å²) in [5.41, 5.74) is 0.454. The summed E-state index contributed by atoms with van der Waals surface area (Å²) in [6.07, 6.45) is 1.71. The average Bonchev–Trinajstić information content (AvgIpc) is 2.82. The van der Waals surface area contributed by atoms with E-state index in [1.54, 1.807) is 13.0 Å². The van der Waals surface area contributed by atoms with Crippen molar-refractivity contribution in [3.05, 3.63) is 17.5 Å². The zero-order valence-electron chi connectivity index (χ0n) is 11.1. The number of hydrogen-bond donors (Lipinski definition) is 2. The van der Waals surface area contributed by atoms with Gasteiger partial charge >= 0.3 is 5.97 Å². The molecule has 9 heteroatoms. The van der Waals surface area contributed by atoms with Crippen molar-refractivity contribution in [1.29, 1.82) is 0 Å². The van der Waals surface area contributed by atoms with Gasteiger partial charge in [-0.25, -0.2) is 0 Å². The fraction of sp³-hybridized carbons (Fsp3) is 0.636. The van der Waals surface area contributed by atoms with Crippen LogP contribution in [0.4, 0.5) is 0 Å². The summed E-state index contributed by atoms with van der Waals surface area (Å²) >= 11 is 0. The molecular formula is C11H17N3O5S. The molecule has 0 amide bonds. The zero-order valence-corrected chi connectivity index (χ0v) is 11.9. The molecular weight excluding hydrogens is 286 g/mol. The fourth-order valence-electron chi connectivity index (χ4n) is 2.19. The van der Waals surface area contributed by atoms with E-state index in [9.17, 15) is 13.2 Å². The van der Waals surface area contributed by atoms with Crippen LogP contribution in [0.15, 0.2) is 10.6 Å². The van der Waals surface area contributed by atoms with Gasteiger partial charge < -0.3 is 9.63 Å². The van der Waals surface area contributed by atoms with Crippen LogP contribution in [0.1, 0.15) is 30.7 Å². The van der Waals surface area contributed by atoms with Crippen LogP contribution >= 0.6 is 0 Å². The molecule has 0 saturated carbocycles. The Labute approximate surface area is 116 Å². The molecule has 20 heavy (non-hydrogen) atoms. The van der Waals surface area contributed by atoms with Crippen molar-refractivity contribution in [2.24, 2.45) is 0 Å². The fourth-order valence-corrected chi connectivity index (χ4v) is 3.58. The summed E-state index contributed by atoms with van der Waals surface area (Å²) in [5, 5.41) is 12.8. The first-order chi connectivity index (χ1) is 9.40. The maximum atomic E-state index is 12.2. The van der Waals surface area contributed by atoms with Gasteiger partial charge in [-0.05, 0) is 26.2 Å². The Balaban J connectivity index is 2.06. The number of carboxylic acid groups (broad SMARTS) is 1. The number of aliphatic carboxylic acids is 1. The molecule has 1 aromatic rings. The summed E-state index contributed by atoms with van der Waals surface area (Å²) in [5.74, 6) is -0.534. The standard InChI is InChI=1S/C11H17N3O5S/c1-8-6-9(13-19-8)7-12-20(17,18)14-5-3-2-4-10(14)11(15)16/h6,10,12H,2-5,7H2,1H3,(H,15,16). The van der Waals surface area contributed by atoms with Gasteiger partial charge in [0, 0.05) is 12.6 Å². The molecule has 0 spiro atoms. The molecule has 1 aliphatic heterocycles. The van der Waals surface area contributed by atoms with Crippen molar-refractivity contribution in [1.82, 2.24) is 14.2 Å². The highest BCUT2D eigenvalue weighted by molar-refractivity contribution is 7.87. The van der Waals surface area contributed by atoms with E-state index < -0.39 is 22.2 Å². The van der Waals surface area contributed by atoms with E-state index in [2.05, 4.69) is 9.88 Å². The molecule has 0 aliphatic carbocycles. The lowest BCUT2D eigenvalue weighted by Gasteiger charge is -2.31. The lowest BCUT2D eigenvalue weighted by molar-refractivity contribution is -0.142. The molecule has 112 valence electrons. The van der Waals surface area contributed by atoms with Gasteiger partial charge in [0.1, 0.15) is 11.8 Å². The lowest BCUT2D eigenvalue weighted by Crippen LogP contribution is -2.51. The summed E-state index contributed by atoms with van der Waals surface area (Å²) in [6, 6.07) is 0.619. The monoisotopic (exact) mass is 303 g/mol. The second kappa shape index (κ2) is 5.90. The first-order valence-electron chi connectivity index (χ1n) is 6.31. The Hall–Kier alpha value is -1.45. The van der Waals surface area contributed by atoms with Gasteiger partial charge in [-0.2, -0.15) is 17.4 Å². The van der Waals surface area contributed by atoms with Crippen LogP contribution in [0.3, 0.4) is 0 Å². The van der Waals surface area contributed by atoms with Gasteiger partial charge in [-0.1, -0.05) is 5.16 Å². The molecule has 8 nitrogen and oxygen atoms in total. The van der Waals surface area contributed by atoms with Crippen molar-refractivity contribution in [2.45, 2.75) is 38.8 Å². The number of piperidine rings is 1. The maximum absolute atomic E-state index is 12.2. The maximum Gasteiger partial charge on any atom is 0.322 e. The van der Waals surface area contributed by atoms with Crippen molar-refractivity contribution in [3.63, 3.8) is 0 Å². The predicted octanol–water partition coefficient (Wildman–Crippen LogP) is 0.257. The first kappa shape index (κ1) is 14.9. The van der Waals surface area contributed by atoms with Gasteiger partial charge in [-0.15, -0.1) is 0 Å². The molecule has 2 N–H and O–H groups in total. The van der Waals surface area contributed by atoms with Gasteiger partial charge in [-0.3, -0.25) is 4.79 Å². The van der Waals surface area contributed by atoms with Gasteiger partial charge in [0.15, 0.2) is 0 Å². The second-order valence-corrected chi connectivity index (χ2v) is 6.42. The van der Waals surface area contributed by atoms with Crippen molar-refractivity contribution < 1.29 is 22.8 Å². The van der Waals surface area contributed by atoms with E-state index in [0.29, 0.717) is 30.7 Å². The normalized spacial score (nSPS) is 20.9. The van der Waals surface area contributed by atoms with E-state index in [0.717, 1.165) is 4.31 Å². The van der Waals surface area contributed by atoms with Crippen LogP contribution in [0, 0.1) is 6.92 Å². The van der Waals surface area contributed by atoms with Gasteiger partial charge in [0.05, 0.1) is 12.2 Å². The molecule has 1 unspecified atom stereocenters. The van der Waals surface area contributed by atoms with Crippen LogP contribution in [-0.2, 0) is 21.5 Å². The number of hydrogen-bond acceptors (Lipinski definition) is 5. The highest BCUT2D eigenvalue weighted by Gasteiger charge is 2.36. The number of aromatic nitrogens is 1. The molecule has 1 atom stereocenters. The number of rotatable bonds is 5. The van der Waals surface area contributed by atoms with Crippen LogP contribution < -0.4 is 4.72 Å². The highest BCUT2D eigenvalue weighted by atomic mass is 32.2. The molecule has 1 aliphatic rings. The number of aryl methyl sites for hydroxylation is 1. The highest BCUT2D eigenvalue weighted by Crippen LogP contribution is 2.20. The van der Waals surface area contributed by atoms with Gasteiger partial charge in [0.2, 0.25) is 0 Å². The summed E-state index contributed by atoms with van der Waals surface area (Å²) < 4.78 is 32.6. The molecule has 0 aromatic carbocycles. The first-order valence-corrected chi connectivity index (χ1v) is 7.75. The molecule has 2 heterocycles. The molecule has 1 fully saturated rings. The topological polar surface area (TPSA) is 113 Å². The summed E-state index contributed by atoms with van der Waals surface area (Å²) in [4.78, 5) is 11.1. The minimum atomic E-state index is -3.85. The second-order valence-electron chi connectivity index (χ2n) is 4.72. The van der Waals surface area contributed by atoms with E-state index in [4.69, 9.17) is 9.63 Å². The predicted molar refractivity (Wildman–Crippen MR) is 69.0 cm³/mol. The molecule has 0 radical (unpaired) electrons. The third-order valence-corrected chi connectivity index (χ3v) is 4.72.